The van der Waals surface area contributed by atoms with Gasteiger partial charge in [-0.2, -0.15) is 0 Å². The molecule has 78 valence electrons. The molecule has 0 aliphatic rings. The first-order valence-electron chi connectivity index (χ1n) is 4.37. The number of rotatable bonds is 4. The van der Waals surface area contributed by atoms with Crippen molar-refractivity contribution < 1.29 is 8.78 Å². The molecule has 1 aromatic rings. The van der Waals surface area contributed by atoms with Gasteiger partial charge in [-0.1, -0.05) is 18.2 Å². The number of benzene rings is 1. The topological polar surface area (TPSA) is 15.3 Å². The highest BCUT2D eigenvalue weighted by atomic mass is 19.3. The molecule has 0 saturated carbocycles. The Kier molecular flexibility index (Phi) is 3.98. The number of hydrogen-bond donors (Lipinski definition) is 1. The SMILES string of the molecule is CN(C)NCc1cccc(C(F)F)c1. The average molecular weight is 200 g/mol. The number of hydrogen-bond acceptors (Lipinski definition) is 2. The minimum absolute atomic E-state index is 0.0723. The van der Waals surface area contributed by atoms with E-state index in [-0.39, 0.29) is 5.56 Å². The van der Waals surface area contributed by atoms with Crippen molar-refractivity contribution in [2.24, 2.45) is 0 Å². The molecule has 1 aromatic carbocycles. The van der Waals surface area contributed by atoms with Crippen LogP contribution in [0.1, 0.15) is 17.6 Å². The molecule has 0 unspecified atom stereocenters. The van der Waals surface area contributed by atoms with Crippen molar-refractivity contribution in [3.8, 4) is 0 Å². The van der Waals surface area contributed by atoms with E-state index in [4.69, 9.17) is 0 Å². The zero-order chi connectivity index (χ0) is 10.6. The Labute approximate surface area is 82.5 Å². The Hall–Kier alpha value is -1.00. The third kappa shape index (κ3) is 3.40. The highest BCUT2D eigenvalue weighted by molar-refractivity contribution is 5.24. The van der Waals surface area contributed by atoms with Crippen molar-refractivity contribution in [3.05, 3.63) is 35.4 Å². The van der Waals surface area contributed by atoms with Crippen LogP contribution in [0.4, 0.5) is 8.78 Å². The van der Waals surface area contributed by atoms with Gasteiger partial charge in [0.2, 0.25) is 0 Å². The van der Waals surface area contributed by atoms with Gasteiger partial charge in [0.25, 0.3) is 6.43 Å². The van der Waals surface area contributed by atoms with E-state index in [0.717, 1.165) is 5.56 Å². The molecule has 0 fully saturated rings. The lowest BCUT2D eigenvalue weighted by molar-refractivity contribution is 0.151. The maximum absolute atomic E-state index is 12.3. The quantitative estimate of drug-likeness (QED) is 0.749. The van der Waals surface area contributed by atoms with Gasteiger partial charge in [0.05, 0.1) is 0 Å². The van der Waals surface area contributed by atoms with E-state index in [0.29, 0.717) is 6.54 Å². The second-order valence-corrected chi connectivity index (χ2v) is 3.28. The van der Waals surface area contributed by atoms with Gasteiger partial charge in [0.1, 0.15) is 0 Å². The minimum atomic E-state index is -2.39. The lowest BCUT2D eigenvalue weighted by atomic mass is 10.1. The Morgan fingerprint density at radius 3 is 2.64 bits per heavy atom. The smallest absolute Gasteiger partial charge is 0.251 e. The van der Waals surface area contributed by atoms with Crippen molar-refractivity contribution in [1.82, 2.24) is 10.4 Å². The second kappa shape index (κ2) is 5.02. The van der Waals surface area contributed by atoms with Gasteiger partial charge in [-0.3, -0.25) is 10.4 Å². The molecule has 1 N–H and O–H groups in total. The minimum Gasteiger partial charge on any atom is -0.251 e. The number of nitrogens with zero attached hydrogens (tertiary/aromatic N) is 1. The summed E-state index contributed by atoms with van der Waals surface area (Å²) < 4.78 is 24.6. The molecule has 0 spiro atoms. The van der Waals surface area contributed by atoms with Crippen molar-refractivity contribution >= 4 is 0 Å². The molecule has 0 aliphatic heterocycles. The summed E-state index contributed by atoms with van der Waals surface area (Å²) in [6, 6.07) is 6.42. The molecule has 0 atom stereocenters. The molecule has 2 nitrogen and oxygen atoms in total. The van der Waals surface area contributed by atoms with Crippen molar-refractivity contribution in [2.75, 3.05) is 14.1 Å². The third-order valence-electron chi connectivity index (χ3n) is 1.80. The lowest BCUT2D eigenvalue weighted by Crippen LogP contribution is -2.29. The Bertz CT molecular complexity index is 287. The Morgan fingerprint density at radius 2 is 2.07 bits per heavy atom. The number of alkyl halides is 2. The average Bonchev–Trinajstić information content (AvgIpc) is 2.15. The van der Waals surface area contributed by atoms with E-state index in [1.807, 2.05) is 20.2 Å². The lowest BCUT2D eigenvalue weighted by Gasteiger charge is -2.12. The summed E-state index contributed by atoms with van der Waals surface area (Å²) in [5, 5.41) is 1.79. The van der Waals surface area contributed by atoms with Crippen LogP contribution in [0.15, 0.2) is 24.3 Å². The third-order valence-corrected chi connectivity index (χ3v) is 1.80. The summed E-state index contributed by atoms with van der Waals surface area (Å²) in [7, 11) is 3.72. The van der Waals surface area contributed by atoms with Crippen LogP contribution in [-0.4, -0.2) is 19.1 Å². The van der Waals surface area contributed by atoms with Crippen molar-refractivity contribution in [1.29, 1.82) is 0 Å². The van der Waals surface area contributed by atoms with Gasteiger partial charge in [-0.25, -0.2) is 8.78 Å². The number of nitrogens with one attached hydrogen (secondary N) is 1. The van der Waals surface area contributed by atoms with Gasteiger partial charge in [-0.05, 0) is 11.6 Å². The molecule has 14 heavy (non-hydrogen) atoms. The van der Waals surface area contributed by atoms with Crippen LogP contribution >= 0.6 is 0 Å². The molecular weight excluding hydrogens is 186 g/mol. The molecule has 4 heteroatoms. The van der Waals surface area contributed by atoms with Gasteiger partial charge < -0.3 is 0 Å². The van der Waals surface area contributed by atoms with Crippen LogP contribution in [0.3, 0.4) is 0 Å². The van der Waals surface area contributed by atoms with E-state index in [2.05, 4.69) is 5.43 Å². The first-order chi connectivity index (χ1) is 6.59. The number of hydrazine groups is 1. The van der Waals surface area contributed by atoms with Crippen LogP contribution in [-0.2, 0) is 6.54 Å². The van der Waals surface area contributed by atoms with Crippen LogP contribution < -0.4 is 5.43 Å². The first-order valence-corrected chi connectivity index (χ1v) is 4.37. The monoisotopic (exact) mass is 200 g/mol. The van der Waals surface area contributed by atoms with Crippen LogP contribution in [0.25, 0.3) is 0 Å². The first kappa shape index (κ1) is 11.1. The highest BCUT2D eigenvalue weighted by Gasteiger charge is 2.06. The van der Waals surface area contributed by atoms with E-state index in [9.17, 15) is 8.78 Å². The largest absolute Gasteiger partial charge is 0.263 e. The van der Waals surface area contributed by atoms with Gasteiger partial charge in [0.15, 0.2) is 0 Å². The summed E-state index contributed by atoms with van der Waals surface area (Å²) >= 11 is 0. The molecule has 0 radical (unpaired) electrons. The maximum atomic E-state index is 12.3. The molecule has 0 heterocycles. The standard InChI is InChI=1S/C10H14F2N2/c1-14(2)13-7-8-4-3-5-9(6-8)10(11)12/h3-6,10,13H,7H2,1-2H3. The van der Waals surface area contributed by atoms with E-state index < -0.39 is 6.43 Å². The molecule has 0 amide bonds. The molecule has 0 bridgehead atoms. The van der Waals surface area contributed by atoms with Crippen molar-refractivity contribution in [2.45, 2.75) is 13.0 Å². The van der Waals surface area contributed by atoms with Gasteiger partial charge in [0, 0.05) is 26.2 Å². The fourth-order valence-corrected chi connectivity index (χ4v) is 1.09. The maximum Gasteiger partial charge on any atom is 0.263 e. The zero-order valence-electron chi connectivity index (χ0n) is 8.30. The van der Waals surface area contributed by atoms with E-state index in [1.165, 1.54) is 12.1 Å². The fraction of sp³-hybridized carbons (Fsp3) is 0.400. The van der Waals surface area contributed by atoms with Gasteiger partial charge in [-0.15, -0.1) is 0 Å². The van der Waals surface area contributed by atoms with Crippen LogP contribution in [0.2, 0.25) is 0 Å². The summed E-state index contributed by atoms with van der Waals surface area (Å²) in [5.41, 5.74) is 3.95. The summed E-state index contributed by atoms with van der Waals surface area (Å²) in [6.45, 7) is 0.563. The molecule has 0 aliphatic carbocycles. The summed E-state index contributed by atoms with van der Waals surface area (Å²) in [5.74, 6) is 0. The zero-order valence-corrected chi connectivity index (χ0v) is 8.30. The normalized spacial score (nSPS) is 11.3. The summed E-state index contributed by atoms with van der Waals surface area (Å²) in [4.78, 5) is 0. The van der Waals surface area contributed by atoms with Crippen molar-refractivity contribution in [3.63, 3.8) is 0 Å². The predicted octanol–water partition coefficient (Wildman–Crippen LogP) is 2.19. The molecular formula is C10H14F2N2. The molecule has 0 aromatic heterocycles. The summed E-state index contributed by atoms with van der Waals surface area (Å²) in [6.07, 6.45) is -2.39. The van der Waals surface area contributed by atoms with Crippen LogP contribution in [0, 0.1) is 0 Å². The van der Waals surface area contributed by atoms with Gasteiger partial charge >= 0.3 is 0 Å². The Balaban J connectivity index is 2.64. The van der Waals surface area contributed by atoms with Crippen LogP contribution in [0.5, 0.6) is 0 Å². The predicted molar refractivity (Wildman–Crippen MR) is 51.9 cm³/mol. The second-order valence-electron chi connectivity index (χ2n) is 3.28. The molecule has 0 saturated heterocycles. The van der Waals surface area contributed by atoms with E-state index >= 15 is 0 Å². The van der Waals surface area contributed by atoms with E-state index in [1.54, 1.807) is 11.1 Å². The highest BCUT2D eigenvalue weighted by Crippen LogP contribution is 2.19. The fourth-order valence-electron chi connectivity index (χ4n) is 1.09. The number of halogens is 2. The molecule has 1 rings (SSSR count). The Morgan fingerprint density at radius 1 is 1.36 bits per heavy atom.